The quantitative estimate of drug-likeness (QED) is 0.385. The Kier molecular flexibility index (Phi) is 8.13. The fraction of sp³-hybridized carbons (Fsp3) is 0.393. The maximum absolute atomic E-state index is 14.2. The van der Waals surface area contributed by atoms with Crippen molar-refractivity contribution in [3.63, 3.8) is 0 Å². The lowest BCUT2D eigenvalue weighted by Gasteiger charge is -2.37. The summed E-state index contributed by atoms with van der Waals surface area (Å²) < 4.78 is 54.4. The molecule has 1 amide bonds. The van der Waals surface area contributed by atoms with Crippen LogP contribution in [-0.4, -0.2) is 62.5 Å². The first-order valence-corrected chi connectivity index (χ1v) is 15.1. The van der Waals surface area contributed by atoms with Crippen molar-refractivity contribution in [3.05, 3.63) is 81.8 Å². The standard InChI is InChI=1S/C28H31FN2O5S2/c1-20-8-10-22(11-9-20)38(33,34)30(17-21-5-4-15-35-21)18-28(32)31-14-12-27-23(13-16-37-27)25(31)19-36-26-7-3-2-6-24(26)29/h2-3,6-11,13,16,21,25H,4-5,12,14-15,17-19H2,1H3/t21-,25+/m0/s1. The Morgan fingerprint density at radius 1 is 1.18 bits per heavy atom. The monoisotopic (exact) mass is 558 g/mol. The minimum atomic E-state index is -3.94. The van der Waals surface area contributed by atoms with Crippen LogP contribution in [-0.2, 0) is 26.0 Å². The van der Waals surface area contributed by atoms with E-state index >= 15 is 0 Å². The van der Waals surface area contributed by atoms with E-state index in [1.807, 2.05) is 18.4 Å². The summed E-state index contributed by atoms with van der Waals surface area (Å²) in [6.07, 6.45) is 2.02. The fourth-order valence-corrected chi connectivity index (χ4v) is 7.32. The Balaban J connectivity index is 1.39. The SMILES string of the molecule is Cc1ccc(S(=O)(=O)N(CC(=O)N2CCc3sccc3[C@H]2COc2ccccc2F)C[C@@H]2CCCO2)cc1. The molecule has 2 aromatic carbocycles. The Bertz CT molecular complexity index is 1370. The second-order valence-electron chi connectivity index (χ2n) is 9.64. The number of thiophene rings is 1. The summed E-state index contributed by atoms with van der Waals surface area (Å²) in [6, 6.07) is 14.3. The second-order valence-corrected chi connectivity index (χ2v) is 12.6. The number of fused-ring (bicyclic) bond motifs is 1. The van der Waals surface area contributed by atoms with Crippen LogP contribution in [0.4, 0.5) is 4.39 Å². The molecule has 0 bridgehead atoms. The number of nitrogens with zero attached hydrogens (tertiary/aromatic N) is 2. The lowest BCUT2D eigenvalue weighted by molar-refractivity contribution is -0.135. The molecular weight excluding hydrogens is 527 g/mol. The van der Waals surface area contributed by atoms with E-state index in [4.69, 9.17) is 9.47 Å². The number of aryl methyl sites for hydroxylation is 1. The number of hydrogen-bond donors (Lipinski definition) is 0. The van der Waals surface area contributed by atoms with E-state index in [9.17, 15) is 17.6 Å². The third-order valence-electron chi connectivity index (χ3n) is 7.05. The molecule has 2 atom stereocenters. The number of carbonyl (C=O) groups excluding carboxylic acids is 1. The average molecular weight is 559 g/mol. The average Bonchev–Trinajstić information content (AvgIpc) is 3.60. The number of rotatable bonds is 9. The molecule has 38 heavy (non-hydrogen) atoms. The first kappa shape index (κ1) is 26.8. The van der Waals surface area contributed by atoms with Gasteiger partial charge in [0.2, 0.25) is 15.9 Å². The molecule has 0 unspecified atom stereocenters. The molecule has 0 aliphatic carbocycles. The lowest BCUT2D eigenvalue weighted by Crippen LogP contribution is -2.49. The summed E-state index contributed by atoms with van der Waals surface area (Å²) in [7, 11) is -3.94. The molecule has 3 heterocycles. The highest BCUT2D eigenvalue weighted by Gasteiger charge is 2.36. The lowest BCUT2D eigenvalue weighted by atomic mass is 10.0. The smallest absolute Gasteiger partial charge is 0.243 e. The molecule has 1 saturated heterocycles. The van der Waals surface area contributed by atoms with Gasteiger partial charge >= 0.3 is 0 Å². The molecule has 0 radical (unpaired) electrons. The molecule has 1 aromatic heterocycles. The first-order valence-electron chi connectivity index (χ1n) is 12.7. The zero-order chi connectivity index (χ0) is 26.7. The number of benzene rings is 2. The van der Waals surface area contributed by atoms with Gasteiger partial charge in [-0.1, -0.05) is 29.8 Å². The zero-order valence-electron chi connectivity index (χ0n) is 21.2. The zero-order valence-corrected chi connectivity index (χ0v) is 22.8. The topological polar surface area (TPSA) is 76.2 Å². The van der Waals surface area contributed by atoms with Gasteiger partial charge in [-0.2, -0.15) is 4.31 Å². The van der Waals surface area contributed by atoms with Crippen molar-refractivity contribution in [1.29, 1.82) is 0 Å². The van der Waals surface area contributed by atoms with Crippen LogP contribution in [0.2, 0.25) is 0 Å². The maximum Gasteiger partial charge on any atom is 0.243 e. The highest BCUT2D eigenvalue weighted by molar-refractivity contribution is 7.89. The number of halogens is 1. The van der Waals surface area contributed by atoms with Crippen LogP contribution in [0.1, 0.15) is 34.9 Å². The van der Waals surface area contributed by atoms with Gasteiger partial charge in [0.15, 0.2) is 11.6 Å². The molecule has 2 aliphatic rings. The minimum Gasteiger partial charge on any atom is -0.488 e. The number of amides is 1. The molecule has 5 rings (SSSR count). The van der Waals surface area contributed by atoms with E-state index in [0.717, 1.165) is 28.8 Å². The van der Waals surface area contributed by atoms with Gasteiger partial charge in [-0.05, 0) is 67.5 Å². The van der Waals surface area contributed by atoms with Gasteiger partial charge in [-0.15, -0.1) is 11.3 Å². The van der Waals surface area contributed by atoms with E-state index in [0.29, 0.717) is 19.6 Å². The molecule has 2 aliphatic heterocycles. The summed E-state index contributed by atoms with van der Waals surface area (Å²) >= 11 is 1.62. The van der Waals surface area contributed by atoms with Gasteiger partial charge in [-0.3, -0.25) is 4.79 Å². The predicted octanol–water partition coefficient (Wildman–Crippen LogP) is 4.57. The normalized spacial score (nSPS) is 19.5. The van der Waals surface area contributed by atoms with Gasteiger partial charge in [0, 0.05) is 24.6 Å². The fourth-order valence-electron chi connectivity index (χ4n) is 4.97. The van der Waals surface area contributed by atoms with Crippen molar-refractivity contribution in [2.45, 2.75) is 43.2 Å². The first-order chi connectivity index (χ1) is 18.3. The highest BCUT2D eigenvalue weighted by Crippen LogP contribution is 2.34. The summed E-state index contributed by atoms with van der Waals surface area (Å²) in [6.45, 7) is 2.76. The van der Waals surface area contributed by atoms with Crippen molar-refractivity contribution in [1.82, 2.24) is 9.21 Å². The molecule has 0 saturated carbocycles. The number of para-hydroxylation sites is 1. The van der Waals surface area contributed by atoms with Crippen molar-refractivity contribution in [2.75, 3.05) is 32.8 Å². The van der Waals surface area contributed by atoms with E-state index in [2.05, 4.69) is 0 Å². The number of sulfonamides is 1. The summed E-state index contributed by atoms with van der Waals surface area (Å²) in [5.41, 5.74) is 1.90. The molecule has 1 fully saturated rings. The second kappa shape index (κ2) is 11.5. The number of ether oxygens (including phenoxy) is 2. The van der Waals surface area contributed by atoms with Gasteiger partial charge in [0.1, 0.15) is 6.61 Å². The molecule has 0 spiro atoms. The Morgan fingerprint density at radius 3 is 2.71 bits per heavy atom. The molecular formula is C28H31FN2O5S2. The van der Waals surface area contributed by atoms with Crippen LogP contribution in [0, 0.1) is 12.7 Å². The molecule has 3 aromatic rings. The minimum absolute atomic E-state index is 0.0624. The van der Waals surface area contributed by atoms with Crippen molar-refractivity contribution >= 4 is 27.3 Å². The maximum atomic E-state index is 14.2. The van der Waals surface area contributed by atoms with Crippen LogP contribution in [0.5, 0.6) is 5.75 Å². The summed E-state index contributed by atoms with van der Waals surface area (Å²) in [4.78, 5) is 16.8. The van der Waals surface area contributed by atoms with Gasteiger partial charge in [0.05, 0.1) is 23.6 Å². The Labute approximate surface area is 226 Å². The van der Waals surface area contributed by atoms with Crippen LogP contribution >= 0.6 is 11.3 Å². The molecule has 202 valence electrons. The van der Waals surface area contributed by atoms with Crippen LogP contribution < -0.4 is 4.74 Å². The Morgan fingerprint density at radius 2 is 1.97 bits per heavy atom. The van der Waals surface area contributed by atoms with E-state index in [1.54, 1.807) is 58.7 Å². The van der Waals surface area contributed by atoms with Crippen molar-refractivity contribution < 1.29 is 27.1 Å². The summed E-state index contributed by atoms with van der Waals surface area (Å²) in [5.74, 6) is -0.680. The van der Waals surface area contributed by atoms with Crippen LogP contribution in [0.3, 0.4) is 0 Å². The van der Waals surface area contributed by atoms with Crippen LogP contribution in [0.15, 0.2) is 64.9 Å². The number of hydrogen-bond acceptors (Lipinski definition) is 6. The van der Waals surface area contributed by atoms with E-state index in [1.165, 1.54) is 10.4 Å². The molecule has 7 nitrogen and oxygen atoms in total. The van der Waals surface area contributed by atoms with Crippen LogP contribution in [0.25, 0.3) is 0 Å². The molecule has 0 N–H and O–H groups in total. The van der Waals surface area contributed by atoms with Crippen molar-refractivity contribution in [2.24, 2.45) is 0 Å². The van der Waals surface area contributed by atoms with Gasteiger partial charge in [-0.25, -0.2) is 12.8 Å². The van der Waals surface area contributed by atoms with Crippen molar-refractivity contribution in [3.8, 4) is 5.75 Å². The molecule has 10 heteroatoms. The van der Waals surface area contributed by atoms with Gasteiger partial charge < -0.3 is 14.4 Å². The summed E-state index contributed by atoms with van der Waals surface area (Å²) in [5, 5.41) is 1.97. The van der Waals surface area contributed by atoms with E-state index < -0.39 is 21.9 Å². The third-order valence-corrected chi connectivity index (χ3v) is 9.87. The third kappa shape index (κ3) is 5.78. The Hall–Kier alpha value is -2.79. The number of carbonyl (C=O) groups is 1. The predicted molar refractivity (Wildman–Crippen MR) is 143 cm³/mol. The highest BCUT2D eigenvalue weighted by atomic mass is 32.2. The largest absolute Gasteiger partial charge is 0.488 e. The van der Waals surface area contributed by atoms with E-state index in [-0.39, 0.29) is 42.4 Å². The van der Waals surface area contributed by atoms with Gasteiger partial charge in [0.25, 0.3) is 0 Å².